The number of benzene rings is 1. The van der Waals surface area contributed by atoms with Crippen molar-refractivity contribution in [2.45, 2.75) is 12.5 Å². The molecule has 0 spiro atoms. The Hall–Kier alpha value is -1.24. The normalized spacial score (nSPS) is 23.0. The van der Waals surface area contributed by atoms with Crippen molar-refractivity contribution in [3.8, 4) is 0 Å². The largest absolute Gasteiger partial charge is 0.336 e. The third-order valence-electron chi connectivity index (χ3n) is 4.39. The quantitative estimate of drug-likeness (QED) is 0.840. The van der Waals surface area contributed by atoms with Crippen molar-refractivity contribution in [3.63, 3.8) is 0 Å². The van der Waals surface area contributed by atoms with Crippen LogP contribution in [0.5, 0.6) is 0 Å². The van der Waals surface area contributed by atoms with Crippen LogP contribution in [0.3, 0.4) is 0 Å². The van der Waals surface area contributed by atoms with Crippen molar-refractivity contribution in [2.75, 3.05) is 39.3 Å². The summed E-state index contributed by atoms with van der Waals surface area (Å²) in [5.41, 5.74) is -0.252. The van der Waals surface area contributed by atoms with Gasteiger partial charge in [-0.05, 0) is 25.1 Å². The van der Waals surface area contributed by atoms with E-state index in [0.29, 0.717) is 19.1 Å². The first-order valence-electron chi connectivity index (χ1n) is 7.45. The van der Waals surface area contributed by atoms with Crippen LogP contribution in [0.4, 0.5) is 8.78 Å². The van der Waals surface area contributed by atoms with Crippen molar-refractivity contribution in [1.29, 1.82) is 0 Å². The molecule has 0 radical (unpaired) electrons. The Balaban J connectivity index is 1.65. The van der Waals surface area contributed by atoms with Crippen LogP contribution in [0, 0.1) is 11.6 Å². The maximum absolute atomic E-state index is 13.8. The van der Waals surface area contributed by atoms with E-state index in [9.17, 15) is 13.6 Å². The number of nitrogens with one attached hydrogen (secondary N) is 1. The van der Waals surface area contributed by atoms with Gasteiger partial charge in [0.25, 0.3) is 5.91 Å². The third-order valence-corrected chi connectivity index (χ3v) is 4.68. The summed E-state index contributed by atoms with van der Waals surface area (Å²) in [7, 11) is 0. The predicted octanol–water partition coefficient (Wildman–Crippen LogP) is 1.74. The zero-order valence-corrected chi connectivity index (χ0v) is 12.9. The van der Waals surface area contributed by atoms with Gasteiger partial charge in [0, 0.05) is 38.8 Å². The smallest absolute Gasteiger partial charge is 0.257 e. The monoisotopic (exact) mass is 329 g/mol. The van der Waals surface area contributed by atoms with Gasteiger partial charge in [-0.1, -0.05) is 11.6 Å². The van der Waals surface area contributed by atoms with Crippen molar-refractivity contribution in [3.05, 3.63) is 34.4 Å². The number of carbonyl (C=O) groups excluding carboxylic acids is 1. The molecule has 0 bridgehead atoms. The van der Waals surface area contributed by atoms with Crippen molar-refractivity contribution >= 4 is 17.5 Å². The Morgan fingerprint density at radius 1 is 1.18 bits per heavy atom. The van der Waals surface area contributed by atoms with Gasteiger partial charge in [-0.2, -0.15) is 0 Å². The Bertz CT molecular complexity index is 570. The Labute approximate surface area is 133 Å². The number of nitrogens with zero attached hydrogens (tertiary/aromatic N) is 2. The maximum atomic E-state index is 13.8. The van der Waals surface area contributed by atoms with E-state index in [1.165, 1.54) is 0 Å². The van der Waals surface area contributed by atoms with E-state index in [0.717, 1.165) is 44.7 Å². The zero-order valence-electron chi connectivity index (χ0n) is 12.1. The fourth-order valence-corrected chi connectivity index (χ4v) is 3.25. The van der Waals surface area contributed by atoms with E-state index >= 15 is 0 Å². The zero-order chi connectivity index (χ0) is 15.7. The molecule has 1 unspecified atom stereocenters. The van der Waals surface area contributed by atoms with E-state index < -0.39 is 17.5 Å². The first-order chi connectivity index (χ1) is 10.6. The molecule has 7 heteroatoms. The molecule has 2 aliphatic rings. The van der Waals surface area contributed by atoms with Crippen molar-refractivity contribution < 1.29 is 13.6 Å². The molecular formula is C15H18ClF2N3O. The lowest BCUT2D eigenvalue weighted by Crippen LogP contribution is -2.52. The summed E-state index contributed by atoms with van der Waals surface area (Å²) in [6.45, 7) is 4.58. The molecule has 120 valence electrons. The van der Waals surface area contributed by atoms with Crippen LogP contribution >= 0.6 is 11.6 Å². The average molecular weight is 330 g/mol. The van der Waals surface area contributed by atoms with Crippen molar-refractivity contribution in [1.82, 2.24) is 15.1 Å². The SMILES string of the molecule is O=C(c1cc(F)c(Cl)cc1F)N1CCN(C2CCNC2)CC1. The lowest BCUT2D eigenvalue weighted by Gasteiger charge is -2.37. The highest BCUT2D eigenvalue weighted by Crippen LogP contribution is 2.21. The lowest BCUT2D eigenvalue weighted by atomic mass is 10.1. The van der Waals surface area contributed by atoms with Crippen LogP contribution in [0.1, 0.15) is 16.8 Å². The molecule has 1 atom stereocenters. The highest BCUT2D eigenvalue weighted by atomic mass is 35.5. The highest BCUT2D eigenvalue weighted by molar-refractivity contribution is 6.30. The molecule has 3 rings (SSSR count). The first kappa shape index (κ1) is 15.6. The molecular weight excluding hydrogens is 312 g/mol. The molecule has 0 saturated carbocycles. The topological polar surface area (TPSA) is 35.6 Å². The third kappa shape index (κ3) is 3.09. The van der Waals surface area contributed by atoms with E-state index in [1.54, 1.807) is 4.90 Å². The minimum atomic E-state index is -0.779. The Morgan fingerprint density at radius 2 is 1.91 bits per heavy atom. The minimum absolute atomic E-state index is 0.252. The summed E-state index contributed by atoms with van der Waals surface area (Å²) < 4.78 is 27.3. The molecule has 4 nitrogen and oxygen atoms in total. The molecule has 2 heterocycles. The van der Waals surface area contributed by atoms with Crippen LogP contribution in [0.2, 0.25) is 5.02 Å². The molecule has 2 aliphatic heterocycles. The average Bonchev–Trinajstić information content (AvgIpc) is 3.05. The fraction of sp³-hybridized carbons (Fsp3) is 0.533. The van der Waals surface area contributed by atoms with Crippen LogP contribution in [0.25, 0.3) is 0 Å². The molecule has 2 saturated heterocycles. The molecule has 0 aromatic heterocycles. The van der Waals surface area contributed by atoms with E-state index in [1.807, 2.05) is 0 Å². The van der Waals surface area contributed by atoms with Gasteiger partial charge in [-0.25, -0.2) is 8.78 Å². The summed E-state index contributed by atoms with van der Waals surface area (Å²) in [4.78, 5) is 16.3. The van der Waals surface area contributed by atoms with Gasteiger partial charge in [0.1, 0.15) is 11.6 Å². The molecule has 0 aliphatic carbocycles. The molecule has 22 heavy (non-hydrogen) atoms. The highest BCUT2D eigenvalue weighted by Gasteiger charge is 2.29. The van der Waals surface area contributed by atoms with Gasteiger partial charge in [0.2, 0.25) is 0 Å². The molecule has 2 fully saturated rings. The molecule has 1 N–H and O–H groups in total. The van der Waals surface area contributed by atoms with E-state index in [2.05, 4.69) is 10.2 Å². The fourth-order valence-electron chi connectivity index (χ4n) is 3.10. The van der Waals surface area contributed by atoms with Crippen molar-refractivity contribution in [2.24, 2.45) is 0 Å². The molecule has 1 aromatic carbocycles. The number of rotatable bonds is 2. The second kappa shape index (κ2) is 6.48. The number of carbonyl (C=O) groups is 1. The van der Waals surface area contributed by atoms with Crippen LogP contribution < -0.4 is 5.32 Å². The van der Waals surface area contributed by atoms with E-state index in [-0.39, 0.29) is 10.6 Å². The van der Waals surface area contributed by atoms with Gasteiger partial charge < -0.3 is 10.2 Å². The Morgan fingerprint density at radius 3 is 2.55 bits per heavy atom. The van der Waals surface area contributed by atoms with Crippen LogP contribution in [0.15, 0.2) is 12.1 Å². The number of halogens is 3. The summed E-state index contributed by atoms with van der Waals surface area (Å²) in [6.07, 6.45) is 1.12. The second-order valence-corrected chi connectivity index (χ2v) is 6.13. The predicted molar refractivity (Wildman–Crippen MR) is 80.1 cm³/mol. The molecule has 1 aromatic rings. The first-order valence-corrected chi connectivity index (χ1v) is 7.82. The second-order valence-electron chi connectivity index (χ2n) is 5.72. The standard InChI is InChI=1S/C15H18ClF2N3O/c16-12-8-13(17)11(7-14(12)18)15(22)21-5-3-20(4-6-21)10-1-2-19-9-10/h7-8,10,19H,1-6,9H2. The minimum Gasteiger partial charge on any atom is -0.336 e. The number of hydrogen-bond acceptors (Lipinski definition) is 3. The summed E-state index contributed by atoms with van der Waals surface area (Å²) >= 11 is 5.52. The Kier molecular flexibility index (Phi) is 4.61. The van der Waals surface area contributed by atoms with Gasteiger partial charge in [0.15, 0.2) is 0 Å². The van der Waals surface area contributed by atoms with Gasteiger partial charge in [0.05, 0.1) is 10.6 Å². The van der Waals surface area contributed by atoms with Gasteiger partial charge >= 0.3 is 0 Å². The number of hydrogen-bond donors (Lipinski definition) is 1. The number of amides is 1. The summed E-state index contributed by atoms with van der Waals surface area (Å²) in [5, 5.41) is 3.01. The van der Waals surface area contributed by atoms with Gasteiger partial charge in [-0.3, -0.25) is 9.69 Å². The maximum Gasteiger partial charge on any atom is 0.257 e. The van der Waals surface area contributed by atoms with Crippen LogP contribution in [-0.2, 0) is 0 Å². The number of piperazine rings is 1. The summed E-state index contributed by atoms with van der Waals surface area (Å²) in [5.74, 6) is -2.03. The molecule has 1 amide bonds. The van der Waals surface area contributed by atoms with E-state index in [4.69, 9.17) is 11.6 Å². The van der Waals surface area contributed by atoms with Crippen LogP contribution in [-0.4, -0.2) is 61.0 Å². The lowest BCUT2D eigenvalue weighted by molar-refractivity contribution is 0.0579. The van der Waals surface area contributed by atoms with Gasteiger partial charge in [-0.15, -0.1) is 0 Å². The summed E-state index contributed by atoms with van der Waals surface area (Å²) in [6, 6.07) is 2.25.